The van der Waals surface area contributed by atoms with E-state index >= 15 is 0 Å². The first-order valence-corrected chi connectivity index (χ1v) is 10.1. The van der Waals surface area contributed by atoms with E-state index in [9.17, 15) is 13.2 Å². The number of carbonyl (C=O) groups is 1. The lowest BCUT2D eigenvalue weighted by atomic mass is 10.1. The Kier molecular flexibility index (Phi) is 6.88. The first-order chi connectivity index (χ1) is 12.3. The molecular formula is C18H21ClN2O4S. The van der Waals surface area contributed by atoms with Crippen LogP contribution in [0.2, 0.25) is 5.02 Å². The van der Waals surface area contributed by atoms with Crippen LogP contribution in [0.3, 0.4) is 0 Å². The van der Waals surface area contributed by atoms with Gasteiger partial charge in [-0.3, -0.25) is 9.10 Å². The van der Waals surface area contributed by atoms with Crippen molar-refractivity contribution >= 4 is 33.2 Å². The third-order valence-electron chi connectivity index (χ3n) is 3.67. The second-order valence-corrected chi connectivity index (χ2v) is 8.04. The number of amides is 1. The summed E-state index contributed by atoms with van der Waals surface area (Å²) in [4.78, 5) is 12.2. The van der Waals surface area contributed by atoms with Crippen LogP contribution >= 0.6 is 11.6 Å². The van der Waals surface area contributed by atoms with Gasteiger partial charge in [0.1, 0.15) is 12.3 Å². The Bertz CT molecular complexity index is 854. The maximum atomic E-state index is 12.2. The van der Waals surface area contributed by atoms with Crippen molar-refractivity contribution in [3.05, 3.63) is 59.1 Å². The van der Waals surface area contributed by atoms with Gasteiger partial charge in [0.15, 0.2) is 0 Å². The van der Waals surface area contributed by atoms with Gasteiger partial charge in [0.25, 0.3) is 0 Å². The number of benzene rings is 2. The van der Waals surface area contributed by atoms with Gasteiger partial charge >= 0.3 is 0 Å². The lowest BCUT2D eigenvalue weighted by Crippen LogP contribution is -2.40. The predicted molar refractivity (Wildman–Crippen MR) is 103 cm³/mol. The van der Waals surface area contributed by atoms with Gasteiger partial charge in [-0.2, -0.15) is 0 Å². The number of sulfonamides is 1. The van der Waals surface area contributed by atoms with Gasteiger partial charge in [-0.05, 0) is 48.4 Å². The first kappa shape index (κ1) is 20.1. The SMILES string of the molecule is COc1ccc(N(CC(=O)NCCc2cccc(Cl)c2)S(C)(=O)=O)cc1. The van der Waals surface area contributed by atoms with Crippen LogP contribution in [-0.4, -0.2) is 40.8 Å². The number of halogens is 1. The Morgan fingerprint density at radius 2 is 1.88 bits per heavy atom. The average molecular weight is 397 g/mol. The number of hydrogen-bond acceptors (Lipinski definition) is 4. The van der Waals surface area contributed by atoms with E-state index in [2.05, 4.69) is 5.32 Å². The number of hydrogen-bond donors (Lipinski definition) is 1. The molecule has 0 aliphatic carbocycles. The van der Waals surface area contributed by atoms with E-state index in [0.29, 0.717) is 29.4 Å². The van der Waals surface area contributed by atoms with Gasteiger partial charge in [0.2, 0.25) is 15.9 Å². The highest BCUT2D eigenvalue weighted by molar-refractivity contribution is 7.92. The van der Waals surface area contributed by atoms with E-state index in [0.717, 1.165) is 16.1 Å². The minimum atomic E-state index is -3.60. The molecule has 2 aromatic rings. The molecule has 1 N–H and O–H groups in total. The van der Waals surface area contributed by atoms with Crippen LogP contribution in [0.1, 0.15) is 5.56 Å². The number of anilines is 1. The van der Waals surface area contributed by atoms with Crippen molar-refractivity contribution in [1.82, 2.24) is 5.32 Å². The molecule has 0 aliphatic heterocycles. The fraction of sp³-hybridized carbons (Fsp3) is 0.278. The molecule has 0 saturated heterocycles. The van der Waals surface area contributed by atoms with E-state index < -0.39 is 10.0 Å². The van der Waals surface area contributed by atoms with Crippen molar-refractivity contribution in [2.24, 2.45) is 0 Å². The van der Waals surface area contributed by atoms with Crippen LogP contribution in [0.5, 0.6) is 5.75 Å². The maximum Gasteiger partial charge on any atom is 0.240 e. The van der Waals surface area contributed by atoms with E-state index in [1.807, 2.05) is 18.2 Å². The predicted octanol–water partition coefficient (Wildman–Crippen LogP) is 2.47. The molecule has 0 aromatic heterocycles. The number of carbonyl (C=O) groups excluding carboxylic acids is 1. The molecule has 0 spiro atoms. The van der Waals surface area contributed by atoms with E-state index in [1.165, 1.54) is 7.11 Å². The van der Waals surface area contributed by atoms with Crippen LogP contribution in [0, 0.1) is 0 Å². The standard InChI is InChI=1S/C18H21ClN2O4S/c1-25-17-8-6-16(7-9-17)21(26(2,23)24)13-18(22)20-11-10-14-4-3-5-15(19)12-14/h3-9,12H,10-11,13H2,1-2H3,(H,20,22). The molecular weight excluding hydrogens is 376 g/mol. The number of nitrogens with one attached hydrogen (secondary N) is 1. The molecule has 0 fully saturated rings. The lowest BCUT2D eigenvalue weighted by molar-refractivity contribution is -0.119. The topological polar surface area (TPSA) is 75.7 Å². The molecule has 0 bridgehead atoms. The Balaban J connectivity index is 1.98. The van der Waals surface area contributed by atoms with Crippen molar-refractivity contribution in [2.45, 2.75) is 6.42 Å². The lowest BCUT2D eigenvalue weighted by Gasteiger charge is -2.22. The van der Waals surface area contributed by atoms with Gasteiger partial charge in [0.05, 0.1) is 19.1 Å². The second kappa shape index (κ2) is 8.91. The Morgan fingerprint density at radius 1 is 1.19 bits per heavy atom. The summed E-state index contributed by atoms with van der Waals surface area (Å²) in [5.74, 6) is 0.224. The van der Waals surface area contributed by atoms with Crippen LogP contribution in [0.25, 0.3) is 0 Å². The molecule has 0 heterocycles. The van der Waals surface area contributed by atoms with Crippen molar-refractivity contribution in [2.75, 3.05) is 30.8 Å². The van der Waals surface area contributed by atoms with Gasteiger partial charge in [-0.15, -0.1) is 0 Å². The smallest absolute Gasteiger partial charge is 0.240 e. The molecule has 6 nitrogen and oxygen atoms in total. The summed E-state index contributed by atoms with van der Waals surface area (Å²) < 4.78 is 30.2. The molecule has 0 atom stereocenters. The fourth-order valence-corrected chi connectivity index (χ4v) is 3.44. The number of methoxy groups -OCH3 is 1. The van der Waals surface area contributed by atoms with Crippen LogP contribution in [0.15, 0.2) is 48.5 Å². The zero-order chi connectivity index (χ0) is 19.2. The van der Waals surface area contributed by atoms with Crippen LogP contribution in [-0.2, 0) is 21.2 Å². The van der Waals surface area contributed by atoms with Crippen molar-refractivity contribution in [3.8, 4) is 5.75 Å². The summed E-state index contributed by atoms with van der Waals surface area (Å²) in [6, 6.07) is 13.8. The minimum absolute atomic E-state index is 0.291. The van der Waals surface area contributed by atoms with Crippen molar-refractivity contribution in [3.63, 3.8) is 0 Å². The molecule has 8 heteroatoms. The fourth-order valence-electron chi connectivity index (χ4n) is 2.37. The van der Waals surface area contributed by atoms with Crippen LogP contribution in [0.4, 0.5) is 5.69 Å². The summed E-state index contributed by atoms with van der Waals surface area (Å²) in [5, 5.41) is 3.37. The van der Waals surface area contributed by atoms with Crippen molar-refractivity contribution < 1.29 is 17.9 Å². The third kappa shape index (κ3) is 5.93. The quantitative estimate of drug-likeness (QED) is 0.743. The summed E-state index contributed by atoms with van der Waals surface area (Å²) in [5.41, 5.74) is 1.39. The molecule has 2 aromatic carbocycles. The third-order valence-corrected chi connectivity index (χ3v) is 5.05. The molecule has 2 rings (SSSR count). The van der Waals surface area contributed by atoms with Gasteiger partial charge in [-0.1, -0.05) is 23.7 Å². The van der Waals surface area contributed by atoms with E-state index in [4.69, 9.17) is 16.3 Å². The molecule has 0 radical (unpaired) electrons. The highest BCUT2D eigenvalue weighted by atomic mass is 35.5. The monoisotopic (exact) mass is 396 g/mol. The zero-order valence-corrected chi connectivity index (χ0v) is 16.2. The highest BCUT2D eigenvalue weighted by Gasteiger charge is 2.20. The van der Waals surface area contributed by atoms with Crippen LogP contribution < -0.4 is 14.4 Å². The van der Waals surface area contributed by atoms with E-state index in [1.54, 1.807) is 30.3 Å². The van der Waals surface area contributed by atoms with Gasteiger partial charge in [0, 0.05) is 11.6 Å². The Morgan fingerprint density at radius 3 is 2.46 bits per heavy atom. The molecule has 1 amide bonds. The number of ether oxygens (including phenoxy) is 1. The van der Waals surface area contributed by atoms with Gasteiger partial charge in [-0.25, -0.2) is 8.42 Å². The normalized spacial score (nSPS) is 11.0. The van der Waals surface area contributed by atoms with E-state index in [-0.39, 0.29) is 12.5 Å². The second-order valence-electron chi connectivity index (χ2n) is 5.70. The molecule has 0 unspecified atom stereocenters. The van der Waals surface area contributed by atoms with Gasteiger partial charge < -0.3 is 10.1 Å². The summed E-state index contributed by atoms with van der Waals surface area (Å²) >= 11 is 5.93. The summed E-state index contributed by atoms with van der Waals surface area (Å²) in [6.45, 7) is 0.0973. The Hall–Kier alpha value is -2.25. The average Bonchev–Trinajstić information content (AvgIpc) is 2.59. The summed E-state index contributed by atoms with van der Waals surface area (Å²) in [6.07, 6.45) is 1.67. The first-order valence-electron chi connectivity index (χ1n) is 7.92. The molecule has 26 heavy (non-hydrogen) atoms. The molecule has 0 aliphatic rings. The highest BCUT2D eigenvalue weighted by Crippen LogP contribution is 2.21. The largest absolute Gasteiger partial charge is 0.497 e. The minimum Gasteiger partial charge on any atom is -0.497 e. The van der Waals surface area contributed by atoms with Crippen molar-refractivity contribution in [1.29, 1.82) is 0 Å². The number of rotatable bonds is 8. The number of nitrogens with zero attached hydrogens (tertiary/aromatic N) is 1. The molecule has 0 saturated carbocycles. The Labute approximate surface area is 158 Å². The summed E-state index contributed by atoms with van der Waals surface area (Å²) in [7, 11) is -2.08. The zero-order valence-electron chi connectivity index (χ0n) is 14.6. The molecule has 140 valence electrons. The maximum absolute atomic E-state index is 12.2.